The number of hydrogen-bond donors (Lipinski definition) is 1. The zero-order chi connectivity index (χ0) is 28.3. The van der Waals surface area contributed by atoms with Gasteiger partial charge in [0, 0.05) is 42.5 Å². The average molecular weight is 601 g/mol. The Morgan fingerprint density at radius 3 is 2.50 bits per heavy atom. The van der Waals surface area contributed by atoms with Crippen LogP contribution < -0.4 is 14.4 Å². The standard InChI is InChI=1S/C28H29ClN4O5S2/c1-19-17-21(29)18-25-26(19)30-28(39-25)33(12-11-32-13-15-38-16-14-32)27(34)20-3-5-22(6-4-20)31-40(35,36)24-9-7-23(37-2)8-10-24/h3-10,17-18,31H,11-16H2,1-2H3. The highest BCUT2D eigenvalue weighted by Gasteiger charge is 2.24. The molecule has 0 radical (unpaired) electrons. The normalized spacial score (nSPS) is 14.3. The van der Waals surface area contributed by atoms with Crippen molar-refractivity contribution in [3.05, 3.63) is 76.8 Å². The van der Waals surface area contributed by atoms with Crippen molar-refractivity contribution in [2.45, 2.75) is 11.8 Å². The smallest absolute Gasteiger partial charge is 0.261 e. The van der Waals surface area contributed by atoms with Gasteiger partial charge in [0.1, 0.15) is 5.75 Å². The number of methoxy groups -OCH3 is 1. The van der Waals surface area contributed by atoms with E-state index >= 15 is 0 Å². The molecule has 1 aliphatic rings. The van der Waals surface area contributed by atoms with Gasteiger partial charge in [0.15, 0.2) is 5.13 Å². The first kappa shape index (κ1) is 28.3. The maximum Gasteiger partial charge on any atom is 0.261 e. The maximum atomic E-state index is 13.8. The molecule has 12 heteroatoms. The lowest BCUT2D eigenvalue weighted by Crippen LogP contribution is -2.43. The molecular weight excluding hydrogens is 572 g/mol. The first-order valence-electron chi connectivity index (χ1n) is 12.7. The van der Waals surface area contributed by atoms with Gasteiger partial charge in [0.25, 0.3) is 15.9 Å². The first-order chi connectivity index (χ1) is 19.2. The van der Waals surface area contributed by atoms with Crippen LogP contribution in [-0.4, -0.2) is 70.7 Å². The lowest BCUT2D eigenvalue weighted by atomic mass is 10.2. The molecule has 210 valence electrons. The maximum absolute atomic E-state index is 13.8. The number of hydrogen-bond acceptors (Lipinski definition) is 8. The summed E-state index contributed by atoms with van der Waals surface area (Å²) in [6, 6.07) is 16.2. The van der Waals surface area contributed by atoms with E-state index in [2.05, 4.69) is 9.62 Å². The van der Waals surface area contributed by atoms with Crippen molar-refractivity contribution in [3.63, 3.8) is 0 Å². The van der Waals surface area contributed by atoms with Crippen LogP contribution in [0.1, 0.15) is 15.9 Å². The van der Waals surface area contributed by atoms with Gasteiger partial charge in [0.05, 0.1) is 35.4 Å². The molecule has 9 nitrogen and oxygen atoms in total. The molecule has 2 heterocycles. The Kier molecular flexibility index (Phi) is 8.57. The third-order valence-corrected chi connectivity index (χ3v) is 9.25. The fourth-order valence-electron chi connectivity index (χ4n) is 4.41. The summed E-state index contributed by atoms with van der Waals surface area (Å²) in [6.07, 6.45) is 0. The number of benzene rings is 3. The Bertz CT molecular complexity index is 1600. The van der Waals surface area contributed by atoms with E-state index < -0.39 is 10.0 Å². The molecule has 0 spiro atoms. The predicted molar refractivity (Wildman–Crippen MR) is 159 cm³/mol. The van der Waals surface area contributed by atoms with Crippen LogP contribution in [0.5, 0.6) is 5.75 Å². The van der Waals surface area contributed by atoms with Crippen molar-refractivity contribution in [1.82, 2.24) is 9.88 Å². The number of carbonyl (C=O) groups is 1. The summed E-state index contributed by atoms with van der Waals surface area (Å²) in [6.45, 7) is 6.01. The van der Waals surface area contributed by atoms with E-state index in [1.54, 1.807) is 41.3 Å². The molecule has 0 bridgehead atoms. The fourth-order valence-corrected chi connectivity index (χ4v) is 6.92. The van der Waals surface area contributed by atoms with Gasteiger partial charge >= 0.3 is 0 Å². The highest BCUT2D eigenvalue weighted by Crippen LogP contribution is 2.34. The molecule has 0 unspecified atom stereocenters. The van der Waals surface area contributed by atoms with Gasteiger partial charge in [-0.3, -0.25) is 19.3 Å². The average Bonchev–Trinajstić information content (AvgIpc) is 3.38. The van der Waals surface area contributed by atoms with Crippen LogP contribution in [0.3, 0.4) is 0 Å². The molecule has 3 aromatic carbocycles. The van der Waals surface area contributed by atoms with E-state index in [9.17, 15) is 13.2 Å². The Labute approximate surface area is 242 Å². The minimum Gasteiger partial charge on any atom is -0.497 e. The number of anilines is 2. The number of halogens is 1. The van der Waals surface area contributed by atoms with Crippen molar-refractivity contribution in [1.29, 1.82) is 0 Å². The quantitative estimate of drug-likeness (QED) is 0.287. The summed E-state index contributed by atoms with van der Waals surface area (Å²) in [5.74, 6) is 0.340. The summed E-state index contributed by atoms with van der Waals surface area (Å²) in [4.78, 5) is 22.6. The SMILES string of the molecule is COc1ccc(S(=O)(=O)Nc2ccc(C(=O)N(CCN3CCOCC3)c3nc4c(C)cc(Cl)cc4s3)cc2)cc1. The van der Waals surface area contributed by atoms with Crippen LogP contribution in [0.25, 0.3) is 10.2 Å². The van der Waals surface area contributed by atoms with Crippen molar-refractivity contribution < 1.29 is 22.7 Å². The van der Waals surface area contributed by atoms with Crippen LogP contribution in [0.15, 0.2) is 65.6 Å². The highest BCUT2D eigenvalue weighted by molar-refractivity contribution is 7.92. The number of thiazole rings is 1. The van der Waals surface area contributed by atoms with Crippen molar-refractivity contribution in [2.24, 2.45) is 0 Å². The van der Waals surface area contributed by atoms with Gasteiger partial charge in [-0.2, -0.15) is 0 Å². The number of sulfonamides is 1. The molecule has 40 heavy (non-hydrogen) atoms. The zero-order valence-electron chi connectivity index (χ0n) is 22.1. The molecule has 0 aliphatic carbocycles. The number of nitrogens with zero attached hydrogens (tertiary/aromatic N) is 3. The Balaban J connectivity index is 1.38. The summed E-state index contributed by atoms with van der Waals surface area (Å²) in [7, 11) is -2.29. The lowest BCUT2D eigenvalue weighted by molar-refractivity contribution is 0.0391. The zero-order valence-corrected chi connectivity index (χ0v) is 24.5. The lowest BCUT2D eigenvalue weighted by Gasteiger charge is -2.29. The summed E-state index contributed by atoms with van der Waals surface area (Å²) in [5.41, 5.74) is 2.52. The summed E-state index contributed by atoms with van der Waals surface area (Å²) >= 11 is 7.69. The largest absolute Gasteiger partial charge is 0.497 e. The second kappa shape index (κ2) is 12.1. The molecule has 1 saturated heterocycles. The number of ether oxygens (including phenoxy) is 2. The van der Waals surface area contributed by atoms with Gasteiger partial charge in [-0.25, -0.2) is 13.4 Å². The molecule has 0 atom stereocenters. The molecule has 1 fully saturated rings. The number of carbonyl (C=O) groups excluding carboxylic acids is 1. The van der Waals surface area contributed by atoms with Gasteiger partial charge in [-0.05, 0) is 73.2 Å². The van der Waals surface area contributed by atoms with Crippen LogP contribution in [-0.2, 0) is 14.8 Å². The van der Waals surface area contributed by atoms with E-state index in [-0.39, 0.29) is 10.8 Å². The fraction of sp³-hybridized carbons (Fsp3) is 0.286. The topological polar surface area (TPSA) is 101 Å². The predicted octanol–water partition coefficient (Wildman–Crippen LogP) is 5.05. The summed E-state index contributed by atoms with van der Waals surface area (Å²) in [5, 5.41) is 1.21. The van der Waals surface area contributed by atoms with Crippen molar-refractivity contribution in [2.75, 3.05) is 56.1 Å². The minimum atomic E-state index is -3.81. The number of fused-ring (bicyclic) bond motifs is 1. The highest BCUT2D eigenvalue weighted by atomic mass is 35.5. The van der Waals surface area contributed by atoms with Crippen molar-refractivity contribution >= 4 is 59.9 Å². The molecule has 1 amide bonds. The van der Waals surface area contributed by atoms with Crippen LogP contribution >= 0.6 is 22.9 Å². The van der Waals surface area contributed by atoms with Crippen LogP contribution in [0.4, 0.5) is 10.8 Å². The van der Waals surface area contributed by atoms with Crippen LogP contribution in [0, 0.1) is 6.92 Å². The van der Waals surface area contributed by atoms with E-state index in [4.69, 9.17) is 26.1 Å². The Hall–Kier alpha value is -3.22. The molecule has 0 saturated carbocycles. The Morgan fingerprint density at radius 1 is 1.12 bits per heavy atom. The minimum absolute atomic E-state index is 0.106. The van der Waals surface area contributed by atoms with Gasteiger partial charge < -0.3 is 9.47 Å². The molecule has 4 aromatic rings. The Morgan fingerprint density at radius 2 is 1.82 bits per heavy atom. The number of rotatable bonds is 9. The number of nitrogens with one attached hydrogen (secondary N) is 1. The monoisotopic (exact) mass is 600 g/mol. The first-order valence-corrected chi connectivity index (χ1v) is 15.4. The molecule has 5 rings (SSSR count). The number of morpholine rings is 1. The van der Waals surface area contributed by atoms with E-state index in [1.807, 2.05) is 19.1 Å². The van der Waals surface area contributed by atoms with Gasteiger partial charge in [-0.15, -0.1) is 0 Å². The van der Waals surface area contributed by atoms with Gasteiger partial charge in [0.2, 0.25) is 0 Å². The molecular formula is C28H29ClN4O5S2. The second-order valence-electron chi connectivity index (χ2n) is 9.34. The van der Waals surface area contributed by atoms with Crippen LogP contribution in [0.2, 0.25) is 5.02 Å². The van der Waals surface area contributed by atoms with E-state index in [0.29, 0.717) is 53.5 Å². The number of aryl methyl sites for hydroxylation is 1. The number of amides is 1. The molecule has 1 N–H and O–H groups in total. The summed E-state index contributed by atoms with van der Waals surface area (Å²) < 4.78 is 39.7. The third-order valence-electron chi connectivity index (χ3n) is 6.61. The van der Waals surface area contributed by atoms with Crippen molar-refractivity contribution in [3.8, 4) is 5.75 Å². The van der Waals surface area contributed by atoms with E-state index in [0.717, 1.165) is 28.9 Å². The number of aromatic nitrogens is 1. The molecule has 1 aliphatic heterocycles. The molecule has 1 aromatic heterocycles. The third kappa shape index (κ3) is 6.39. The van der Waals surface area contributed by atoms with E-state index in [1.165, 1.54) is 30.6 Å². The van der Waals surface area contributed by atoms with Gasteiger partial charge in [-0.1, -0.05) is 22.9 Å². The second-order valence-corrected chi connectivity index (χ2v) is 12.5.